The van der Waals surface area contributed by atoms with Crippen molar-refractivity contribution in [2.75, 3.05) is 31.6 Å². The Morgan fingerprint density at radius 2 is 2.29 bits per heavy atom. The van der Waals surface area contributed by atoms with Crippen LogP contribution < -0.4 is 10.6 Å². The Morgan fingerprint density at radius 3 is 2.94 bits per heavy atom. The predicted molar refractivity (Wildman–Crippen MR) is 69.6 cm³/mol. The Hall–Kier alpha value is -1.62. The van der Waals surface area contributed by atoms with Crippen molar-refractivity contribution < 1.29 is 0 Å². The van der Waals surface area contributed by atoms with Gasteiger partial charge in [-0.05, 0) is 20.0 Å². The third kappa shape index (κ3) is 2.39. The summed E-state index contributed by atoms with van der Waals surface area (Å²) < 4.78 is 0. The molecule has 0 spiro atoms. The molecule has 0 bridgehead atoms. The summed E-state index contributed by atoms with van der Waals surface area (Å²) in [5.74, 6) is 0.106. The molecule has 3 N–H and O–H groups in total. The maximum atomic E-state index is 7.60. The summed E-state index contributed by atoms with van der Waals surface area (Å²) in [5.41, 5.74) is 7.35. The molecule has 5 heteroatoms. The SMILES string of the molecule is CC1CN(c2cnccc2C(=N)N)CCN1C. The van der Waals surface area contributed by atoms with Gasteiger partial charge in [-0.2, -0.15) is 0 Å². The highest BCUT2D eigenvalue weighted by Crippen LogP contribution is 2.21. The second-order valence-corrected chi connectivity index (χ2v) is 4.58. The van der Waals surface area contributed by atoms with Crippen LogP contribution >= 0.6 is 0 Å². The third-order valence-corrected chi connectivity index (χ3v) is 3.39. The lowest BCUT2D eigenvalue weighted by molar-refractivity contribution is 0.234. The van der Waals surface area contributed by atoms with Crippen LogP contribution in [-0.4, -0.2) is 48.4 Å². The zero-order valence-corrected chi connectivity index (χ0v) is 10.3. The van der Waals surface area contributed by atoms with Gasteiger partial charge in [0.2, 0.25) is 0 Å². The van der Waals surface area contributed by atoms with Crippen LogP contribution in [0.5, 0.6) is 0 Å². The average molecular weight is 233 g/mol. The van der Waals surface area contributed by atoms with E-state index in [9.17, 15) is 0 Å². The van der Waals surface area contributed by atoms with Crippen LogP contribution in [0, 0.1) is 5.41 Å². The Labute approximate surface area is 102 Å². The van der Waals surface area contributed by atoms with Crippen LogP contribution in [0.3, 0.4) is 0 Å². The molecule has 0 radical (unpaired) electrons. The first-order valence-corrected chi connectivity index (χ1v) is 5.83. The molecule has 0 aliphatic carbocycles. The lowest BCUT2D eigenvalue weighted by Crippen LogP contribution is -2.50. The number of hydrogen-bond acceptors (Lipinski definition) is 4. The minimum Gasteiger partial charge on any atom is -0.384 e. The molecule has 1 aliphatic rings. The molecular weight excluding hydrogens is 214 g/mol. The lowest BCUT2D eigenvalue weighted by Gasteiger charge is -2.39. The van der Waals surface area contributed by atoms with Crippen LogP contribution in [0.1, 0.15) is 12.5 Å². The molecule has 2 rings (SSSR count). The molecule has 0 saturated carbocycles. The fourth-order valence-electron chi connectivity index (χ4n) is 2.13. The van der Waals surface area contributed by atoms with Crippen molar-refractivity contribution in [2.24, 2.45) is 5.73 Å². The summed E-state index contributed by atoms with van der Waals surface area (Å²) in [5, 5.41) is 7.60. The molecule has 1 atom stereocenters. The second-order valence-electron chi connectivity index (χ2n) is 4.58. The first-order chi connectivity index (χ1) is 8.09. The van der Waals surface area contributed by atoms with Gasteiger partial charge in [0.1, 0.15) is 5.84 Å². The van der Waals surface area contributed by atoms with E-state index in [-0.39, 0.29) is 5.84 Å². The minimum absolute atomic E-state index is 0.106. The Morgan fingerprint density at radius 1 is 1.53 bits per heavy atom. The van der Waals surface area contributed by atoms with Crippen molar-refractivity contribution in [3.8, 4) is 0 Å². The molecule has 92 valence electrons. The molecule has 0 amide bonds. The molecular formula is C12H19N5. The third-order valence-electron chi connectivity index (χ3n) is 3.39. The molecule has 17 heavy (non-hydrogen) atoms. The van der Waals surface area contributed by atoms with Crippen molar-refractivity contribution in [3.05, 3.63) is 24.0 Å². The maximum absolute atomic E-state index is 7.60. The fourth-order valence-corrected chi connectivity index (χ4v) is 2.13. The van der Waals surface area contributed by atoms with Crippen molar-refractivity contribution in [1.29, 1.82) is 5.41 Å². The van der Waals surface area contributed by atoms with E-state index in [1.54, 1.807) is 18.5 Å². The zero-order chi connectivity index (χ0) is 12.4. The number of anilines is 1. The van der Waals surface area contributed by atoms with Crippen molar-refractivity contribution in [3.63, 3.8) is 0 Å². The number of aromatic nitrogens is 1. The van der Waals surface area contributed by atoms with E-state index in [4.69, 9.17) is 11.1 Å². The van der Waals surface area contributed by atoms with E-state index in [1.165, 1.54) is 0 Å². The van der Waals surface area contributed by atoms with Crippen molar-refractivity contribution in [2.45, 2.75) is 13.0 Å². The smallest absolute Gasteiger partial charge is 0.125 e. The van der Waals surface area contributed by atoms with Crippen LogP contribution in [0.15, 0.2) is 18.5 Å². The van der Waals surface area contributed by atoms with Crippen molar-refractivity contribution >= 4 is 11.5 Å². The number of piperazine rings is 1. The molecule has 1 fully saturated rings. The van der Waals surface area contributed by atoms with E-state index in [2.05, 4.69) is 28.8 Å². The number of pyridine rings is 1. The quantitative estimate of drug-likeness (QED) is 0.577. The largest absolute Gasteiger partial charge is 0.384 e. The topological polar surface area (TPSA) is 69.2 Å². The first-order valence-electron chi connectivity index (χ1n) is 5.83. The van der Waals surface area contributed by atoms with Gasteiger partial charge in [-0.3, -0.25) is 10.4 Å². The van der Waals surface area contributed by atoms with Crippen molar-refractivity contribution in [1.82, 2.24) is 9.88 Å². The molecule has 1 unspecified atom stereocenters. The summed E-state index contributed by atoms with van der Waals surface area (Å²) >= 11 is 0. The van der Waals surface area contributed by atoms with E-state index in [0.717, 1.165) is 30.9 Å². The summed E-state index contributed by atoms with van der Waals surface area (Å²) in [6.07, 6.45) is 3.48. The van der Waals surface area contributed by atoms with E-state index < -0.39 is 0 Å². The summed E-state index contributed by atoms with van der Waals surface area (Å²) in [7, 11) is 2.14. The van der Waals surface area contributed by atoms with Crippen LogP contribution in [0.25, 0.3) is 0 Å². The van der Waals surface area contributed by atoms with Crippen LogP contribution in [0.4, 0.5) is 5.69 Å². The van der Waals surface area contributed by atoms with Crippen LogP contribution in [0.2, 0.25) is 0 Å². The number of rotatable bonds is 2. The molecule has 2 heterocycles. The Bertz CT molecular complexity index is 417. The number of hydrogen-bond donors (Lipinski definition) is 2. The van der Waals surface area contributed by atoms with Gasteiger partial charge >= 0.3 is 0 Å². The van der Waals surface area contributed by atoms with Gasteiger partial charge < -0.3 is 15.5 Å². The van der Waals surface area contributed by atoms with Gasteiger partial charge in [0.05, 0.1) is 11.9 Å². The first kappa shape index (κ1) is 11.9. The lowest BCUT2D eigenvalue weighted by atomic mass is 10.1. The van der Waals surface area contributed by atoms with Gasteiger partial charge in [0.15, 0.2) is 0 Å². The number of amidine groups is 1. The van der Waals surface area contributed by atoms with Gasteiger partial charge in [-0.25, -0.2) is 0 Å². The monoisotopic (exact) mass is 233 g/mol. The average Bonchev–Trinajstić information content (AvgIpc) is 2.32. The number of nitrogen functional groups attached to an aromatic ring is 1. The number of nitrogens with zero attached hydrogens (tertiary/aromatic N) is 3. The van der Waals surface area contributed by atoms with Gasteiger partial charge in [0.25, 0.3) is 0 Å². The molecule has 1 aromatic rings. The predicted octanol–water partition coefficient (Wildman–Crippen LogP) is 0.506. The molecule has 0 aromatic carbocycles. The highest BCUT2D eigenvalue weighted by atomic mass is 15.3. The second kappa shape index (κ2) is 4.71. The molecule has 5 nitrogen and oxygen atoms in total. The normalized spacial score (nSPS) is 21.5. The van der Waals surface area contributed by atoms with Gasteiger partial charge in [0, 0.05) is 37.4 Å². The highest BCUT2D eigenvalue weighted by molar-refractivity contribution is 6.00. The van der Waals surface area contributed by atoms with E-state index >= 15 is 0 Å². The van der Waals surface area contributed by atoms with Gasteiger partial charge in [-0.15, -0.1) is 0 Å². The van der Waals surface area contributed by atoms with Gasteiger partial charge in [-0.1, -0.05) is 0 Å². The number of nitrogens with two attached hydrogens (primary N) is 1. The molecule has 1 aliphatic heterocycles. The maximum Gasteiger partial charge on any atom is 0.125 e. The summed E-state index contributed by atoms with van der Waals surface area (Å²) in [4.78, 5) is 8.73. The summed E-state index contributed by atoms with van der Waals surface area (Å²) in [6.45, 7) is 5.12. The number of likely N-dealkylation sites (N-methyl/N-ethyl adjacent to an activating group) is 1. The minimum atomic E-state index is 0.106. The molecule has 1 aromatic heterocycles. The zero-order valence-electron chi connectivity index (χ0n) is 10.3. The summed E-state index contributed by atoms with van der Waals surface area (Å²) in [6, 6.07) is 2.31. The number of nitrogens with one attached hydrogen (secondary N) is 1. The van der Waals surface area contributed by atoms with Crippen LogP contribution in [-0.2, 0) is 0 Å². The fraction of sp³-hybridized carbons (Fsp3) is 0.500. The van der Waals surface area contributed by atoms with E-state index in [1.807, 2.05) is 0 Å². The molecule has 1 saturated heterocycles. The highest BCUT2D eigenvalue weighted by Gasteiger charge is 2.22. The Balaban J connectivity index is 2.25. The van der Waals surface area contributed by atoms with E-state index in [0.29, 0.717) is 6.04 Å². The standard InChI is InChI=1S/C12H19N5/c1-9-8-17(6-5-16(9)2)11-7-15-4-3-10(11)12(13)14/h3-4,7,9H,5-6,8H2,1-2H3,(H3,13,14). The Kier molecular flexibility index (Phi) is 3.28.